The Labute approximate surface area is 134 Å². The van der Waals surface area contributed by atoms with Gasteiger partial charge >= 0.3 is 0 Å². The molecule has 120 valence electrons. The second-order valence-electron chi connectivity index (χ2n) is 5.20. The van der Waals surface area contributed by atoms with Crippen LogP contribution in [0.3, 0.4) is 0 Å². The van der Waals surface area contributed by atoms with Gasteiger partial charge in [-0.15, -0.1) is 0 Å². The zero-order chi connectivity index (χ0) is 16.8. The Balaban J connectivity index is 2.03. The molecule has 5 heteroatoms. The predicted molar refractivity (Wildman–Crippen MR) is 87.9 cm³/mol. The van der Waals surface area contributed by atoms with E-state index in [-0.39, 0.29) is 24.1 Å². The third-order valence-electron chi connectivity index (χ3n) is 3.66. The summed E-state index contributed by atoms with van der Waals surface area (Å²) < 4.78 is 13.5. The normalized spacial score (nSPS) is 10.2. The summed E-state index contributed by atoms with van der Waals surface area (Å²) in [7, 11) is 1.56. The van der Waals surface area contributed by atoms with Crippen LogP contribution in [0.1, 0.15) is 27.9 Å². The van der Waals surface area contributed by atoms with Crippen LogP contribution in [0.5, 0.6) is 0 Å². The van der Waals surface area contributed by atoms with E-state index in [1.54, 1.807) is 50.4 Å². The maximum atomic E-state index is 13.5. The lowest BCUT2D eigenvalue weighted by Crippen LogP contribution is -2.20. The summed E-state index contributed by atoms with van der Waals surface area (Å²) in [6, 6.07) is 11.6. The van der Waals surface area contributed by atoms with Crippen LogP contribution in [0.4, 0.5) is 10.1 Å². The number of benzene rings is 2. The number of aryl methyl sites for hydroxylation is 1. The van der Waals surface area contributed by atoms with Gasteiger partial charge in [0.15, 0.2) is 0 Å². The van der Waals surface area contributed by atoms with E-state index in [2.05, 4.69) is 10.6 Å². The highest BCUT2D eigenvalue weighted by atomic mass is 19.1. The summed E-state index contributed by atoms with van der Waals surface area (Å²) in [5, 5.41) is 5.34. The number of hydrogen-bond donors (Lipinski definition) is 2. The topological polar surface area (TPSA) is 58.2 Å². The molecule has 0 aromatic heterocycles. The molecule has 23 heavy (non-hydrogen) atoms. The lowest BCUT2D eigenvalue weighted by Gasteiger charge is -2.12. The monoisotopic (exact) mass is 314 g/mol. The molecule has 0 saturated heterocycles. The van der Waals surface area contributed by atoms with Crippen molar-refractivity contribution in [2.45, 2.75) is 19.8 Å². The van der Waals surface area contributed by atoms with E-state index >= 15 is 0 Å². The molecule has 2 rings (SSSR count). The van der Waals surface area contributed by atoms with Crippen LogP contribution in [-0.4, -0.2) is 18.9 Å². The molecule has 0 aliphatic rings. The van der Waals surface area contributed by atoms with Crippen molar-refractivity contribution in [3.05, 3.63) is 65.0 Å². The van der Waals surface area contributed by atoms with Crippen LogP contribution < -0.4 is 10.6 Å². The molecule has 0 aliphatic carbocycles. The van der Waals surface area contributed by atoms with Crippen molar-refractivity contribution in [1.82, 2.24) is 5.32 Å². The number of nitrogens with one attached hydrogen (secondary N) is 2. The van der Waals surface area contributed by atoms with E-state index in [1.165, 1.54) is 6.07 Å². The van der Waals surface area contributed by atoms with E-state index in [1.807, 2.05) is 0 Å². The van der Waals surface area contributed by atoms with E-state index in [0.29, 0.717) is 28.8 Å². The van der Waals surface area contributed by atoms with Gasteiger partial charge in [0.1, 0.15) is 5.82 Å². The number of amides is 2. The van der Waals surface area contributed by atoms with E-state index in [0.717, 1.165) is 0 Å². The average molecular weight is 314 g/mol. The van der Waals surface area contributed by atoms with Gasteiger partial charge in [-0.25, -0.2) is 4.39 Å². The maximum Gasteiger partial charge on any atom is 0.251 e. The number of halogens is 1. The number of hydrogen-bond acceptors (Lipinski definition) is 2. The maximum absolute atomic E-state index is 13.5. The fourth-order valence-corrected chi connectivity index (χ4v) is 2.31. The molecule has 2 aromatic carbocycles. The second-order valence-corrected chi connectivity index (χ2v) is 5.20. The summed E-state index contributed by atoms with van der Waals surface area (Å²) >= 11 is 0. The predicted octanol–water partition coefficient (Wildman–Crippen LogP) is 3.07. The van der Waals surface area contributed by atoms with Gasteiger partial charge in [-0.05, 0) is 42.7 Å². The standard InChI is InChI=1S/C18H19FN2O2/c1-12-14(18(23)20-2)7-5-9-16(12)21-17(22)11-10-13-6-3-4-8-15(13)19/h3-9H,10-11H2,1-2H3,(H,20,23)(H,21,22). The molecule has 0 heterocycles. The minimum absolute atomic E-state index is 0.171. The van der Waals surface area contributed by atoms with Crippen molar-refractivity contribution in [2.75, 3.05) is 12.4 Å². The molecule has 0 fully saturated rings. The van der Waals surface area contributed by atoms with E-state index in [4.69, 9.17) is 0 Å². The number of rotatable bonds is 5. The summed E-state index contributed by atoms with van der Waals surface area (Å²) in [5.74, 6) is -0.728. The Bertz CT molecular complexity index is 729. The van der Waals surface area contributed by atoms with Crippen molar-refractivity contribution >= 4 is 17.5 Å². The third-order valence-corrected chi connectivity index (χ3v) is 3.66. The van der Waals surface area contributed by atoms with Gasteiger partial charge in [-0.3, -0.25) is 9.59 Å². The van der Waals surface area contributed by atoms with E-state index < -0.39 is 0 Å². The smallest absolute Gasteiger partial charge is 0.251 e. The first-order valence-electron chi connectivity index (χ1n) is 7.38. The molecule has 2 N–H and O–H groups in total. The fourth-order valence-electron chi connectivity index (χ4n) is 2.31. The van der Waals surface area contributed by atoms with Gasteiger partial charge in [0.25, 0.3) is 5.91 Å². The summed E-state index contributed by atoms with van der Waals surface area (Å²) in [4.78, 5) is 23.8. The summed E-state index contributed by atoms with van der Waals surface area (Å²) in [6.45, 7) is 1.77. The Morgan fingerprint density at radius 3 is 2.52 bits per heavy atom. The van der Waals surface area contributed by atoms with Crippen LogP contribution in [0.15, 0.2) is 42.5 Å². The number of carbonyl (C=O) groups is 2. The fraction of sp³-hybridized carbons (Fsp3) is 0.222. The second kappa shape index (κ2) is 7.54. The van der Waals surface area contributed by atoms with Crippen LogP contribution in [0.25, 0.3) is 0 Å². The SMILES string of the molecule is CNC(=O)c1cccc(NC(=O)CCc2ccccc2F)c1C. The molecule has 0 radical (unpaired) electrons. The molecular formula is C18H19FN2O2. The highest BCUT2D eigenvalue weighted by molar-refractivity contribution is 5.99. The lowest BCUT2D eigenvalue weighted by molar-refractivity contribution is -0.116. The first-order valence-corrected chi connectivity index (χ1v) is 7.38. The molecule has 2 amide bonds. The molecule has 0 saturated carbocycles. The number of anilines is 1. The molecule has 0 aliphatic heterocycles. The Morgan fingerprint density at radius 1 is 1.09 bits per heavy atom. The van der Waals surface area contributed by atoms with Gasteiger partial charge < -0.3 is 10.6 Å². The molecule has 2 aromatic rings. The van der Waals surface area contributed by atoms with Crippen molar-refractivity contribution < 1.29 is 14.0 Å². The third kappa shape index (κ3) is 4.16. The van der Waals surface area contributed by atoms with Gasteiger partial charge in [-0.1, -0.05) is 24.3 Å². The van der Waals surface area contributed by atoms with Crippen molar-refractivity contribution in [1.29, 1.82) is 0 Å². The van der Waals surface area contributed by atoms with Gasteiger partial charge in [-0.2, -0.15) is 0 Å². The quantitative estimate of drug-likeness (QED) is 0.891. The molecule has 0 atom stereocenters. The van der Waals surface area contributed by atoms with Gasteiger partial charge in [0, 0.05) is 24.7 Å². The highest BCUT2D eigenvalue weighted by Crippen LogP contribution is 2.19. The molecular weight excluding hydrogens is 295 g/mol. The first kappa shape index (κ1) is 16.7. The molecule has 0 bridgehead atoms. The van der Waals surface area contributed by atoms with Crippen LogP contribution in [-0.2, 0) is 11.2 Å². The zero-order valence-electron chi connectivity index (χ0n) is 13.2. The van der Waals surface area contributed by atoms with E-state index in [9.17, 15) is 14.0 Å². The van der Waals surface area contributed by atoms with Crippen molar-refractivity contribution in [2.24, 2.45) is 0 Å². The van der Waals surface area contributed by atoms with Crippen LogP contribution in [0.2, 0.25) is 0 Å². The lowest BCUT2D eigenvalue weighted by atomic mass is 10.1. The number of carbonyl (C=O) groups excluding carboxylic acids is 2. The Kier molecular flexibility index (Phi) is 5.46. The average Bonchev–Trinajstić information content (AvgIpc) is 2.55. The van der Waals surface area contributed by atoms with Gasteiger partial charge in [0.05, 0.1) is 0 Å². The van der Waals surface area contributed by atoms with Crippen LogP contribution >= 0.6 is 0 Å². The summed E-state index contributed by atoms with van der Waals surface area (Å²) in [6.07, 6.45) is 0.497. The van der Waals surface area contributed by atoms with Crippen molar-refractivity contribution in [3.8, 4) is 0 Å². The van der Waals surface area contributed by atoms with Crippen LogP contribution in [0, 0.1) is 12.7 Å². The van der Waals surface area contributed by atoms with Gasteiger partial charge in [0.2, 0.25) is 5.91 Å². The summed E-state index contributed by atoms with van der Waals surface area (Å²) in [5.41, 5.74) is 2.31. The zero-order valence-corrected chi connectivity index (χ0v) is 13.2. The van der Waals surface area contributed by atoms with Crippen molar-refractivity contribution in [3.63, 3.8) is 0 Å². The minimum atomic E-state index is -0.307. The molecule has 0 spiro atoms. The molecule has 4 nitrogen and oxygen atoms in total. The Morgan fingerprint density at radius 2 is 1.83 bits per heavy atom. The minimum Gasteiger partial charge on any atom is -0.355 e. The largest absolute Gasteiger partial charge is 0.355 e. The first-order chi connectivity index (χ1) is 11.0. The highest BCUT2D eigenvalue weighted by Gasteiger charge is 2.12. The Hall–Kier alpha value is -2.69. The molecule has 0 unspecified atom stereocenters.